The third-order valence-corrected chi connectivity index (χ3v) is 7.05. The molecule has 2 aliphatic rings. The molecular weight excluding hydrogens is 374 g/mol. The normalized spacial score (nSPS) is 21.9. The summed E-state index contributed by atoms with van der Waals surface area (Å²) in [5.41, 5.74) is 0. The molecular formula is C18H28ClN3O3S. The maximum atomic E-state index is 12.6. The van der Waals surface area contributed by atoms with E-state index in [9.17, 15) is 13.2 Å². The smallest absolute Gasteiger partial charge is 0.243 e. The molecule has 0 bridgehead atoms. The predicted molar refractivity (Wildman–Crippen MR) is 104 cm³/mol. The van der Waals surface area contributed by atoms with Gasteiger partial charge in [-0.3, -0.25) is 4.79 Å². The van der Waals surface area contributed by atoms with Crippen LogP contribution in [0.4, 0.5) is 0 Å². The molecule has 1 atom stereocenters. The maximum Gasteiger partial charge on any atom is 0.243 e. The van der Waals surface area contributed by atoms with E-state index in [0.717, 1.165) is 32.2 Å². The van der Waals surface area contributed by atoms with Crippen molar-refractivity contribution in [3.05, 3.63) is 30.3 Å². The van der Waals surface area contributed by atoms with Gasteiger partial charge in [0.15, 0.2) is 0 Å². The van der Waals surface area contributed by atoms with Crippen LogP contribution in [0.3, 0.4) is 0 Å². The molecule has 1 aromatic rings. The first-order valence-corrected chi connectivity index (χ1v) is 10.5. The molecule has 1 amide bonds. The van der Waals surface area contributed by atoms with Crippen molar-refractivity contribution >= 4 is 28.3 Å². The number of halogens is 1. The first-order chi connectivity index (χ1) is 12.1. The van der Waals surface area contributed by atoms with E-state index >= 15 is 0 Å². The number of carbonyl (C=O) groups is 1. The lowest BCUT2D eigenvalue weighted by molar-refractivity contribution is -0.121. The number of amides is 1. The second kappa shape index (κ2) is 9.69. The van der Waals surface area contributed by atoms with Gasteiger partial charge in [0.25, 0.3) is 0 Å². The van der Waals surface area contributed by atoms with Gasteiger partial charge in [-0.2, -0.15) is 4.31 Å². The van der Waals surface area contributed by atoms with E-state index in [4.69, 9.17) is 0 Å². The molecule has 8 heteroatoms. The molecule has 2 aliphatic heterocycles. The maximum absolute atomic E-state index is 12.6. The molecule has 0 saturated carbocycles. The highest BCUT2D eigenvalue weighted by molar-refractivity contribution is 7.89. The second-order valence-electron chi connectivity index (χ2n) is 6.96. The van der Waals surface area contributed by atoms with Gasteiger partial charge in [-0.15, -0.1) is 12.4 Å². The van der Waals surface area contributed by atoms with E-state index in [-0.39, 0.29) is 18.3 Å². The summed E-state index contributed by atoms with van der Waals surface area (Å²) in [5, 5.41) is 6.35. The molecule has 2 fully saturated rings. The van der Waals surface area contributed by atoms with Gasteiger partial charge in [0.1, 0.15) is 0 Å². The summed E-state index contributed by atoms with van der Waals surface area (Å²) in [5.74, 6) is 0.446. The molecule has 146 valence electrons. The van der Waals surface area contributed by atoms with Gasteiger partial charge in [0.2, 0.25) is 15.9 Å². The number of hydrogen-bond acceptors (Lipinski definition) is 4. The van der Waals surface area contributed by atoms with Crippen LogP contribution in [0.15, 0.2) is 35.2 Å². The van der Waals surface area contributed by atoms with Crippen LogP contribution in [0, 0.1) is 5.92 Å². The molecule has 2 N–H and O–H groups in total. The van der Waals surface area contributed by atoms with E-state index in [2.05, 4.69) is 10.6 Å². The average molecular weight is 402 g/mol. The number of nitrogens with one attached hydrogen (secondary N) is 2. The zero-order chi connectivity index (χ0) is 17.7. The Morgan fingerprint density at radius 2 is 1.85 bits per heavy atom. The topological polar surface area (TPSA) is 78.5 Å². The van der Waals surface area contributed by atoms with Crippen LogP contribution in [0.1, 0.15) is 32.1 Å². The summed E-state index contributed by atoms with van der Waals surface area (Å²) in [6.45, 7) is 2.68. The average Bonchev–Trinajstić information content (AvgIpc) is 3.14. The minimum atomic E-state index is -3.39. The first-order valence-electron chi connectivity index (χ1n) is 9.11. The fraction of sp³-hybridized carbons (Fsp3) is 0.611. The van der Waals surface area contributed by atoms with Gasteiger partial charge in [-0.05, 0) is 50.3 Å². The second-order valence-corrected chi connectivity index (χ2v) is 8.90. The minimum Gasteiger partial charge on any atom is -0.356 e. The van der Waals surface area contributed by atoms with Crippen LogP contribution in [-0.2, 0) is 14.8 Å². The fourth-order valence-corrected chi connectivity index (χ4v) is 5.07. The summed E-state index contributed by atoms with van der Waals surface area (Å²) >= 11 is 0. The molecule has 0 radical (unpaired) electrons. The molecule has 2 heterocycles. The van der Waals surface area contributed by atoms with Crippen LogP contribution < -0.4 is 10.6 Å². The third kappa shape index (κ3) is 5.42. The van der Waals surface area contributed by atoms with Crippen molar-refractivity contribution in [3.8, 4) is 0 Å². The fourth-order valence-electron chi connectivity index (χ4n) is 3.58. The Bertz CT molecular complexity index is 670. The number of hydrogen-bond donors (Lipinski definition) is 2. The van der Waals surface area contributed by atoms with Gasteiger partial charge in [-0.1, -0.05) is 18.2 Å². The van der Waals surface area contributed by atoms with Crippen LogP contribution in [0.2, 0.25) is 0 Å². The Morgan fingerprint density at radius 1 is 1.15 bits per heavy atom. The van der Waals surface area contributed by atoms with Gasteiger partial charge in [-0.25, -0.2) is 8.42 Å². The standard InChI is InChI=1S/C18H27N3O3S.ClH/c22-18(13-16-5-4-10-19-16)20-14-15-8-11-21(12-9-15)25(23,24)17-6-2-1-3-7-17;/h1-3,6-7,15-16,19H,4-5,8-14H2,(H,20,22);1H. The molecule has 1 unspecified atom stereocenters. The monoisotopic (exact) mass is 401 g/mol. The number of piperidine rings is 1. The molecule has 2 saturated heterocycles. The Morgan fingerprint density at radius 3 is 2.46 bits per heavy atom. The van der Waals surface area contributed by atoms with Crippen LogP contribution in [0.5, 0.6) is 0 Å². The Hall–Kier alpha value is -1.15. The largest absolute Gasteiger partial charge is 0.356 e. The van der Waals surface area contributed by atoms with Crippen molar-refractivity contribution in [2.24, 2.45) is 5.92 Å². The molecule has 0 aliphatic carbocycles. The first kappa shape index (κ1) is 21.2. The summed E-state index contributed by atoms with van der Waals surface area (Å²) in [4.78, 5) is 12.3. The third-order valence-electron chi connectivity index (χ3n) is 5.14. The zero-order valence-electron chi connectivity index (χ0n) is 14.9. The van der Waals surface area contributed by atoms with E-state index in [1.165, 1.54) is 0 Å². The van der Waals surface area contributed by atoms with Crippen molar-refractivity contribution in [2.45, 2.75) is 43.0 Å². The van der Waals surface area contributed by atoms with Gasteiger partial charge in [0, 0.05) is 32.1 Å². The van der Waals surface area contributed by atoms with E-state index in [1.807, 2.05) is 6.07 Å². The predicted octanol–water partition coefficient (Wildman–Crippen LogP) is 1.77. The van der Waals surface area contributed by atoms with Gasteiger partial charge < -0.3 is 10.6 Å². The Labute approximate surface area is 162 Å². The van der Waals surface area contributed by atoms with Crippen molar-refractivity contribution in [2.75, 3.05) is 26.2 Å². The molecule has 0 spiro atoms. The quantitative estimate of drug-likeness (QED) is 0.761. The molecule has 6 nitrogen and oxygen atoms in total. The van der Waals surface area contributed by atoms with Crippen molar-refractivity contribution in [1.82, 2.24) is 14.9 Å². The highest BCUT2D eigenvalue weighted by atomic mass is 35.5. The van der Waals surface area contributed by atoms with E-state index in [0.29, 0.717) is 42.9 Å². The molecule has 1 aromatic carbocycles. The number of rotatable bonds is 6. The molecule has 0 aromatic heterocycles. The summed E-state index contributed by atoms with van der Waals surface area (Å²) in [7, 11) is -3.39. The Balaban J connectivity index is 0.00000243. The summed E-state index contributed by atoms with van der Waals surface area (Å²) < 4.78 is 26.8. The lowest BCUT2D eigenvalue weighted by Crippen LogP contribution is -2.42. The van der Waals surface area contributed by atoms with Crippen molar-refractivity contribution in [3.63, 3.8) is 0 Å². The van der Waals surface area contributed by atoms with Gasteiger partial charge in [0.05, 0.1) is 4.90 Å². The Kier molecular flexibility index (Phi) is 7.88. The van der Waals surface area contributed by atoms with Crippen LogP contribution >= 0.6 is 12.4 Å². The van der Waals surface area contributed by atoms with Gasteiger partial charge >= 0.3 is 0 Å². The molecule has 3 rings (SSSR count). The number of carbonyl (C=O) groups excluding carboxylic acids is 1. The van der Waals surface area contributed by atoms with E-state index in [1.54, 1.807) is 28.6 Å². The van der Waals surface area contributed by atoms with Crippen LogP contribution in [0.25, 0.3) is 0 Å². The highest BCUT2D eigenvalue weighted by Gasteiger charge is 2.29. The van der Waals surface area contributed by atoms with Crippen molar-refractivity contribution in [1.29, 1.82) is 0 Å². The van der Waals surface area contributed by atoms with Crippen molar-refractivity contribution < 1.29 is 13.2 Å². The number of sulfonamides is 1. The summed E-state index contributed by atoms with van der Waals surface area (Å²) in [6, 6.07) is 8.90. The van der Waals surface area contributed by atoms with Crippen LogP contribution in [-0.4, -0.2) is 50.9 Å². The lowest BCUT2D eigenvalue weighted by atomic mass is 9.98. The molecule has 26 heavy (non-hydrogen) atoms. The minimum absolute atomic E-state index is 0. The number of benzene rings is 1. The SMILES string of the molecule is Cl.O=C(CC1CCCN1)NCC1CCN(S(=O)(=O)c2ccccc2)CC1. The lowest BCUT2D eigenvalue weighted by Gasteiger charge is -2.31. The zero-order valence-corrected chi connectivity index (χ0v) is 16.5. The number of nitrogens with zero attached hydrogens (tertiary/aromatic N) is 1. The summed E-state index contributed by atoms with van der Waals surface area (Å²) in [6.07, 6.45) is 4.33. The highest BCUT2D eigenvalue weighted by Crippen LogP contribution is 2.23. The van der Waals surface area contributed by atoms with E-state index < -0.39 is 10.0 Å².